The average molecular weight is 277 g/mol. The van der Waals surface area contributed by atoms with Crippen molar-refractivity contribution in [1.29, 1.82) is 0 Å². The highest BCUT2D eigenvalue weighted by atomic mass is 16.5. The van der Waals surface area contributed by atoms with Crippen LogP contribution in [-0.4, -0.2) is 25.4 Å². The molecule has 0 saturated carbocycles. The zero-order chi connectivity index (χ0) is 14.7. The zero-order valence-corrected chi connectivity index (χ0v) is 11.3. The fourth-order valence-electron chi connectivity index (χ4n) is 2.17. The second-order valence-corrected chi connectivity index (χ2v) is 4.51. The number of nitrogens with two attached hydrogens (primary N) is 3. The topological polar surface area (TPSA) is 117 Å². The highest BCUT2D eigenvalue weighted by Crippen LogP contribution is 2.32. The SMILES string of the molecule is COc1ccc(/C(N)=C2\CCOCC2=C(N)N)c(O)c1. The third-order valence-corrected chi connectivity index (χ3v) is 3.28. The number of rotatable bonds is 2. The van der Waals surface area contributed by atoms with Crippen LogP contribution in [-0.2, 0) is 4.74 Å². The fraction of sp³-hybridized carbons (Fsp3) is 0.286. The molecule has 1 fully saturated rings. The van der Waals surface area contributed by atoms with Crippen molar-refractivity contribution < 1.29 is 14.6 Å². The van der Waals surface area contributed by atoms with E-state index in [-0.39, 0.29) is 11.6 Å². The van der Waals surface area contributed by atoms with Gasteiger partial charge in [0.2, 0.25) is 0 Å². The quantitative estimate of drug-likeness (QED) is 0.629. The van der Waals surface area contributed by atoms with Crippen LogP contribution >= 0.6 is 0 Å². The lowest BCUT2D eigenvalue weighted by Crippen LogP contribution is -2.23. The number of methoxy groups -OCH3 is 1. The fourth-order valence-corrected chi connectivity index (χ4v) is 2.17. The summed E-state index contributed by atoms with van der Waals surface area (Å²) in [5, 5.41) is 10.0. The number of ether oxygens (including phenoxy) is 2. The molecule has 20 heavy (non-hydrogen) atoms. The Morgan fingerprint density at radius 2 is 2.00 bits per heavy atom. The van der Waals surface area contributed by atoms with Crippen LogP contribution in [0.2, 0.25) is 0 Å². The smallest absolute Gasteiger partial charge is 0.128 e. The van der Waals surface area contributed by atoms with Crippen molar-refractivity contribution >= 4 is 5.70 Å². The van der Waals surface area contributed by atoms with Gasteiger partial charge in [-0.25, -0.2) is 0 Å². The lowest BCUT2D eigenvalue weighted by atomic mass is 9.95. The van der Waals surface area contributed by atoms with Crippen LogP contribution in [0.15, 0.2) is 35.2 Å². The molecule has 1 saturated heterocycles. The number of benzene rings is 1. The summed E-state index contributed by atoms with van der Waals surface area (Å²) in [6, 6.07) is 4.95. The predicted molar refractivity (Wildman–Crippen MR) is 76.6 cm³/mol. The van der Waals surface area contributed by atoms with Gasteiger partial charge in [-0.1, -0.05) is 0 Å². The molecular weight excluding hydrogens is 258 g/mol. The molecule has 0 atom stereocenters. The molecule has 1 aliphatic rings. The van der Waals surface area contributed by atoms with Crippen LogP contribution in [0.4, 0.5) is 0 Å². The van der Waals surface area contributed by atoms with Gasteiger partial charge in [-0.2, -0.15) is 0 Å². The van der Waals surface area contributed by atoms with Gasteiger partial charge in [0.25, 0.3) is 0 Å². The molecule has 1 heterocycles. The van der Waals surface area contributed by atoms with Crippen LogP contribution in [0, 0.1) is 0 Å². The summed E-state index contributed by atoms with van der Waals surface area (Å²) in [6.07, 6.45) is 0.602. The Labute approximate surface area is 117 Å². The largest absolute Gasteiger partial charge is 0.507 e. The first-order valence-electron chi connectivity index (χ1n) is 6.22. The van der Waals surface area contributed by atoms with Gasteiger partial charge >= 0.3 is 0 Å². The van der Waals surface area contributed by atoms with Gasteiger partial charge < -0.3 is 31.8 Å². The molecule has 0 aliphatic carbocycles. The number of hydrogen-bond donors (Lipinski definition) is 4. The van der Waals surface area contributed by atoms with Gasteiger partial charge in [0.1, 0.15) is 11.5 Å². The molecule has 1 aromatic carbocycles. The Kier molecular flexibility index (Phi) is 4.05. The summed E-state index contributed by atoms with van der Waals surface area (Å²) < 4.78 is 10.4. The van der Waals surface area contributed by atoms with E-state index >= 15 is 0 Å². The second-order valence-electron chi connectivity index (χ2n) is 4.51. The minimum absolute atomic E-state index is 0.0517. The van der Waals surface area contributed by atoms with E-state index in [1.165, 1.54) is 13.2 Å². The van der Waals surface area contributed by atoms with E-state index in [2.05, 4.69) is 0 Å². The van der Waals surface area contributed by atoms with Gasteiger partial charge in [0.15, 0.2) is 0 Å². The summed E-state index contributed by atoms with van der Waals surface area (Å²) in [5.41, 5.74) is 20.0. The molecule has 0 unspecified atom stereocenters. The van der Waals surface area contributed by atoms with Crippen molar-refractivity contribution in [2.75, 3.05) is 20.3 Å². The molecule has 1 aliphatic heterocycles. The minimum Gasteiger partial charge on any atom is -0.507 e. The maximum atomic E-state index is 10.0. The maximum Gasteiger partial charge on any atom is 0.128 e. The van der Waals surface area contributed by atoms with Gasteiger partial charge in [0, 0.05) is 22.9 Å². The first-order chi connectivity index (χ1) is 9.54. The lowest BCUT2D eigenvalue weighted by Gasteiger charge is -2.22. The number of phenols is 1. The third kappa shape index (κ3) is 2.65. The van der Waals surface area contributed by atoms with Crippen molar-refractivity contribution in [3.05, 3.63) is 40.7 Å². The van der Waals surface area contributed by atoms with Crippen LogP contribution in [0.3, 0.4) is 0 Å². The van der Waals surface area contributed by atoms with E-state index in [9.17, 15) is 5.11 Å². The second kappa shape index (κ2) is 5.75. The van der Waals surface area contributed by atoms with Crippen molar-refractivity contribution in [3.63, 3.8) is 0 Å². The first kappa shape index (κ1) is 14.1. The van der Waals surface area contributed by atoms with Crippen LogP contribution in [0.5, 0.6) is 11.5 Å². The van der Waals surface area contributed by atoms with Gasteiger partial charge in [0.05, 0.1) is 26.1 Å². The van der Waals surface area contributed by atoms with Crippen LogP contribution in [0.1, 0.15) is 12.0 Å². The molecule has 6 nitrogen and oxygen atoms in total. The van der Waals surface area contributed by atoms with Crippen molar-refractivity contribution in [1.82, 2.24) is 0 Å². The van der Waals surface area contributed by atoms with Crippen LogP contribution < -0.4 is 21.9 Å². The highest BCUT2D eigenvalue weighted by molar-refractivity contribution is 5.74. The van der Waals surface area contributed by atoms with Crippen molar-refractivity contribution in [3.8, 4) is 11.5 Å². The third-order valence-electron chi connectivity index (χ3n) is 3.28. The van der Waals surface area contributed by atoms with Crippen molar-refractivity contribution in [2.45, 2.75) is 6.42 Å². The van der Waals surface area contributed by atoms with E-state index in [1.54, 1.807) is 12.1 Å². The Morgan fingerprint density at radius 1 is 1.25 bits per heavy atom. The highest BCUT2D eigenvalue weighted by Gasteiger charge is 2.20. The normalized spacial score (nSPS) is 17.8. The Bertz CT molecular complexity index is 575. The molecule has 7 N–H and O–H groups in total. The summed E-state index contributed by atoms with van der Waals surface area (Å²) >= 11 is 0. The van der Waals surface area contributed by atoms with E-state index in [4.69, 9.17) is 26.7 Å². The molecule has 2 rings (SSSR count). The van der Waals surface area contributed by atoms with Gasteiger partial charge in [-0.3, -0.25) is 0 Å². The molecule has 0 bridgehead atoms. The average Bonchev–Trinajstić information content (AvgIpc) is 2.46. The molecule has 1 aromatic rings. The van der Waals surface area contributed by atoms with Crippen molar-refractivity contribution in [2.24, 2.45) is 17.2 Å². The molecule has 0 spiro atoms. The van der Waals surface area contributed by atoms with E-state index in [0.29, 0.717) is 42.2 Å². The van der Waals surface area contributed by atoms with E-state index < -0.39 is 0 Å². The van der Waals surface area contributed by atoms with E-state index in [0.717, 1.165) is 5.57 Å². The zero-order valence-electron chi connectivity index (χ0n) is 11.3. The minimum atomic E-state index is 0.0517. The molecule has 0 aromatic heterocycles. The predicted octanol–water partition coefficient (Wildman–Crippen LogP) is 0.620. The summed E-state index contributed by atoms with van der Waals surface area (Å²) in [6.45, 7) is 0.874. The Hall–Kier alpha value is -2.34. The van der Waals surface area contributed by atoms with E-state index in [1.807, 2.05) is 0 Å². The standard InChI is InChI=1S/C14H19N3O3/c1-19-8-2-3-10(12(18)6-8)13(15)9-4-5-20-7-11(9)14(16)17/h2-3,6,18H,4-5,7,15-17H2,1H3/b13-9-. The Balaban J connectivity index is 2.50. The monoisotopic (exact) mass is 277 g/mol. The number of hydrogen-bond acceptors (Lipinski definition) is 6. The Morgan fingerprint density at radius 3 is 2.60 bits per heavy atom. The lowest BCUT2D eigenvalue weighted by molar-refractivity contribution is 0.145. The molecular formula is C14H19N3O3. The maximum absolute atomic E-state index is 10.0. The number of phenolic OH excluding ortho intramolecular Hbond substituents is 1. The molecule has 0 amide bonds. The molecule has 108 valence electrons. The van der Waals surface area contributed by atoms with Gasteiger partial charge in [-0.15, -0.1) is 0 Å². The number of aromatic hydroxyl groups is 1. The summed E-state index contributed by atoms with van der Waals surface area (Å²) in [7, 11) is 1.53. The summed E-state index contributed by atoms with van der Waals surface area (Å²) in [4.78, 5) is 0. The van der Waals surface area contributed by atoms with Crippen LogP contribution in [0.25, 0.3) is 5.70 Å². The molecule has 0 radical (unpaired) electrons. The first-order valence-corrected chi connectivity index (χ1v) is 6.22. The molecule has 6 heteroatoms. The summed E-state index contributed by atoms with van der Waals surface area (Å²) in [5.74, 6) is 0.802. The van der Waals surface area contributed by atoms with Gasteiger partial charge in [-0.05, 0) is 24.1 Å².